The summed E-state index contributed by atoms with van der Waals surface area (Å²) < 4.78 is 8.74. The molecule has 0 saturated carbocycles. The molecule has 0 bridgehead atoms. The van der Waals surface area contributed by atoms with Gasteiger partial charge in [0.1, 0.15) is 11.5 Å². The van der Waals surface area contributed by atoms with Crippen LogP contribution in [0.15, 0.2) is 164 Å². The second-order valence-electron chi connectivity index (χ2n) is 12.1. The third-order valence-corrected chi connectivity index (χ3v) is 9.60. The summed E-state index contributed by atoms with van der Waals surface area (Å²) in [6, 6.07) is 59.0. The van der Waals surface area contributed by atoms with Gasteiger partial charge in [-0.15, -0.1) is 0 Å². The molecule has 2 nitrogen and oxygen atoms in total. The largest absolute Gasteiger partial charge is 0.456 e. The molecular formula is C44H27NO. The molecule has 0 amide bonds. The van der Waals surface area contributed by atoms with E-state index in [-0.39, 0.29) is 0 Å². The van der Waals surface area contributed by atoms with Crippen LogP contribution in [-0.4, -0.2) is 4.57 Å². The molecule has 0 unspecified atom stereocenters. The molecule has 1 aliphatic heterocycles. The highest BCUT2D eigenvalue weighted by Crippen LogP contribution is 2.48. The first kappa shape index (κ1) is 25.2. The van der Waals surface area contributed by atoms with E-state index in [2.05, 4.69) is 156 Å². The highest BCUT2D eigenvalue weighted by molar-refractivity contribution is 6.21. The van der Waals surface area contributed by atoms with E-state index >= 15 is 0 Å². The van der Waals surface area contributed by atoms with Crippen molar-refractivity contribution in [2.24, 2.45) is 0 Å². The fraction of sp³-hybridized carbons (Fsp3) is 0. The van der Waals surface area contributed by atoms with Gasteiger partial charge in [0.2, 0.25) is 0 Å². The molecule has 46 heavy (non-hydrogen) atoms. The van der Waals surface area contributed by atoms with E-state index in [9.17, 15) is 0 Å². The van der Waals surface area contributed by atoms with Crippen LogP contribution in [0, 0.1) is 0 Å². The number of nitrogens with zero attached hydrogens (tertiary/aromatic N) is 1. The minimum Gasteiger partial charge on any atom is -0.456 e. The van der Waals surface area contributed by atoms with Gasteiger partial charge < -0.3 is 9.30 Å². The lowest BCUT2D eigenvalue weighted by Gasteiger charge is -2.22. The van der Waals surface area contributed by atoms with Crippen LogP contribution in [0.25, 0.3) is 82.4 Å². The summed E-state index contributed by atoms with van der Waals surface area (Å²) >= 11 is 0. The average molecular weight is 586 g/mol. The van der Waals surface area contributed by atoms with Crippen molar-refractivity contribution >= 4 is 43.4 Å². The molecule has 2 heterocycles. The maximum Gasteiger partial charge on any atom is 0.135 e. The van der Waals surface area contributed by atoms with Crippen molar-refractivity contribution in [1.29, 1.82) is 0 Å². The molecule has 0 N–H and O–H groups in total. The van der Waals surface area contributed by atoms with Gasteiger partial charge in [0.25, 0.3) is 0 Å². The average Bonchev–Trinajstić information content (AvgIpc) is 3.46. The summed E-state index contributed by atoms with van der Waals surface area (Å²) in [5, 5.41) is 7.49. The summed E-state index contributed by atoms with van der Waals surface area (Å²) in [7, 11) is 0. The summed E-state index contributed by atoms with van der Waals surface area (Å²) in [4.78, 5) is 0. The minimum absolute atomic E-state index is 0.913. The molecule has 1 aliphatic rings. The maximum atomic E-state index is 6.34. The Morgan fingerprint density at radius 1 is 0.370 bits per heavy atom. The minimum atomic E-state index is 0.913. The highest BCUT2D eigenvalue weighted by Gasteiger charge is 2.21. The Hall–Kier alpha value is -6.12. The number of hydrogen-bond acceptors (Lipinski definition) is 1. The van der Waals surface area contributed by atoms with E-state index in [4.69, 9.17) is 4.74 Å². The molecule has 0 spiro atoms. The van der Waals surface area contributed by atoms with Crippen LogP contribution in [0.2, 0.25) is 0 Å². The van der Waals surface area contributed by atoms with Gasteiger partial charge in [-0.25, -0.2) is 0 Å². The first-order valence-electron chi connectivity index (χ1n) is 15.8. The molecule has 2 heteroatoms. The van der Waals surface area contributed by atoms with Crippen LogP contribution in [0.3, 0.4) is 0 Å². The zero-order valence-electron chi connectivity index (χ0n) is 24.9. The Morgan fingerprint density at radius 2 is 1.11 bits per heavy atom. The topological polar surface area (TPSA) is 14.2 Å². The fourth-order valence-corrected chi connectivity index (χ4v) is 7.50. The fourth-order valence-electron chi connectivity index (χ4n) is 7.50. The normalized spacial score (nSPS) is 12.1. The van der Waals surface area contributed by atoms with Crippen molar-refractivity contribution < 1.29 is 4.74 Å². The smallest absolute Gasteiger partial charge is 0.135 e. The molecule has 1 aromatic heterocycles. The number of para-hydroxylation sites is 2. The third kappa shape index (κ3) is 3.65. The molecule has 0 radical (unpaired) electrons. The lowest BCUT2D eigenvalue weighted by molar-refractivity contribution is 0.487. The number of hydrogen-bond donors (Lipinski definition) is 0. The molecule has 214 valence electrons. The van der Waals surface area contributed by atoms with Crippen molar-refractivity contribution in [1.82, 2.24) is 4.57 Å². The lowest BCUT2D eigenvalue weighted by Crippen LogP contribution is -1.97. The Balaban J connectivity index is 1.12. The number of rotatable bonds is 3. The predicted molar refractivity (Wildman–Crippen MR) is 192 cm³/mol. The van der Waals surface area contributed by atoms with Gasteiger partial charge in [-0.05, 0) is 80.4 Å². The van der Waals surface area contributed by atoms with Gasteiger partial charge in [-0.2, -0.15) is 0 Å². The summed E-state index contributed by atoms with van der Waals surface area (Å²) in [6.45, 7) is 0. The van der Waals surface area contributed by atoms with Crippen LogP contribution >= 0.6 is 0 Å². The number of benzene rings is 8. The monoisotopic (exact) mass is 585 g/mol. The summed E-state index contributed by atoms with van der Waals surface area (Å²) in [6.07, 6.45) is 0. The first-order chi connectivity index (χ1) is 22.8. The van der Waals surface area contributed by atoms with Gasteiger partial charge in [-0.1, -0.05) is 127 Å². The van der Waals surface area contributed by atoms with Gasteiger partial charge in [0.05, 0.1) is 11.0 Å². The van der Waals surface area contributed by atoms with Crippen LogP contribution in [-0.2, 0) is 0 Å². The van der Waals surface area contributed by atoms with Gasteiger partial charge in [0, 0.05) is 27.4 Å². The standard InChI is InChI=1S/C44H27NO/c1-2-10-32(11-3-1)45-39-25-22-29-9-4-5-12-34(29)43(39)38-23-21-31(27-40(38)45)28-17-19-30(20-18-28)33-24-26-42-44-36(33)14-8-15-37(44)35-13-6-7-16-41(35)46-42/h1-27H. The lowest BCUT2D eigenvalue weighted by atomic mass is 9.90. The van der Waals surface area contributed by atoms with Gasteiger partial charge in [-0.3, -0.25) is 0 Å². The number of fused-ring (bicyclic) bond motifs is 7. The Bertz CT molecular complexity index is 2650. The van der Waals surface area contributed by atoms with Crippen molar-refractivity contribution in [3.05, 3.63) is 164 Å². The van der Waals surface area contributed by atoms with E-state index in [1.54, 1.807) is 0 Å². The molecule has 0 fully saturated rings. The molecule has 0 saturated heterocycles. The third-order valence-electron chi connectivity index (χ3n) is 9.60. The highest BCUT2D eigenvalue weighted by atomic mass is 16.5. The second-order valence-corrected chi connectivity index (χ2v) is 12.1. The number of aromatic nitrogens is 1. The molecular weight excluding hydrogens is 558 g/mol. The predicted octanol–water partition coefficient (Wildman–Crippen LogP) is 12.2. The zero-order chi connectivity index (χ0) is 30.2. The Kier molecular flexibility index (Phi) is 5.31. The van der Waals surface area contributed by atoms with Gasteiger partial charge in [0.15, 0.2) is 0 Å². The van der Waals surface area contributed by atoms with E-state index in [0.717, 1.165) is 17.1 Å². The van der Waals surface area contributed by atoms with E-state index < -0.39 is 0 Å². The van der Waals surface area contributed by atoms with E-state index in [0.29, 0.717) is 0 Å². The molecule has 10 rings (SSSR count). The molecule has 0 aliphatic carbocycles. The summed E-state index contributed by atoms with van der Waals surface area (Å²) in [5.41, 5.74) is 10.8. The quantitative estimate of drug-likeness (QED) is 0.201. The van der Waals surface area contributed by atoms with Crippen molar-refractivity contribution in [3.8, 4) is 50.6 Å². The molecule has 8 aromatic carbocycles. The zero-order valence-corrected chi connectivity index (χ0v) is 24.9. The van der Waals surface area contributed by atoms with Crippen LogP contribution < -0.4 is 4.74 Å². The first-order valence-corrected chi connectivity index (χ1v) is 15.8. The van der Waals surface area contributed by atoms with Gasteiger partial charge >= 0.3 is 0 Å². The van der Waals surface area contributed by atoms with Crippen LogP contribution in [0.1, 0.15) is 0 Å². The van der Waals surface area contributed by atoms with E-state index in [1.807, 2.05) is 12.1 Å². The molecule has 0 atom stereocenters. The Labute approximate surface area is 266 Å². The van der Waals surface area contributed by atoms with Crippen molar-refractivity contribution in [3.63, 3.8) is 0 Å². The second kappa shape index (κ2) is 9.69. The maximum absolute atomic E-state index is 6.34. The van der Waals surface area contributed by atoms with Crippen LogP contribution in [0.5, 0.6) is 11.5 Å². The van der Waals surface area contributed by atoms with Crippen LogP contribution in [0.4, 0.5) is 0 Å². The van der Waals surface area contributed by atoms with E-state index in [1.165, 1.54) is 76.9 Å². The van der Waals surface area contributed by atoms with Crippen molar-refractivity contribution in [2.45, 2.75) is 0 Å². The van der Waals surface area contributed by atoms with Crippen molar-refractivity contribution in [2.75, 3.05) is 0 Å². The summed E-state index contributed by atoms with van der Waals surface area (Å²) in [5.74, 6) is 1.83. The number of ether oxygens (including phenoxy) is 1. The Morgan fingerprint density at radius 3 is 2.02 bits per heavy atom. The SMILES string of the molecule is c1ccc(-n2c3cc(-c4ccc(-c5ccc6c7c(cccc57)-c5ccccc5O6)cc4)ccc3c3c4ccccc4ccc32)cc1. The molecule has 9 aromatic rings.